The Morgan fingerprint density at radius 3 is 2.28 bits per heavy atom. The largest absolute Gasteiger partial charge is 0.496 e. The summed E-state index contributed by atoms with van der Waals surface area (Å²) in [5.74, 6) is 4.88. The SMILES string of the molecule is COC(=C1C2CC3CC(C2)CC1C3)c1ccc(/C=C/C#N)c(OCc2ccc(O[C@@H]3OC(CO)[C@H](O)C(O)[C@@H]3O)cc2)c1. The van der Waals surface area contributed by atoms with Crippen molar-refractivity contribution in [2.45, 2.75) is 69.4 Å². The fourth-order valence-electron chi connectivity index (χ4n) is 7.65. The highest BCUT2D eigenvalue weighted by atomic mass is 16.7. The Hall–Kier alpha value is -3.39. The zero-order chi connectivity index (χ0) is 30.1. The Morgan fingerprint density at radius 1 is 0.953 bits per heavy atom. The quantitative estimate of drug-likeness (QED) is 0.254. The molecule has 5 fully saturated rings. The number of nitriles is 1. The van der Waals surface area contributed by atoms with Gasteiger partial charge in [-0.25, -0.2) is 0 Å². The second-order valence-electron chi connectivity index (χ2n) is 12.3. The molecule has 1 heterocycles. The number of hydrogen-bond donors (Lipinski definition) is 4. The number of aliphatic hydroxyl groups is 4. The fourth-order valence-corrected chi connectivity index (χ4v) is 7.65. The van der Waals surface area contributed by atoms with Crippen molar-refractivity contribution in [3.05, 3.63) is 70.8 Å². The van der Waals surface area contributed by atoms with Gasteiger partial charge in [0.2, 0.25) is 6.29 Å². The topological polar surface area (TPSA) is 142 Å². The molecule has 1 saturated heterocycles. The van der Waals surface area contributed by atoms with Crippen LogP contribution < -0.4 is 9.47 Å². The molecule has 7 rings (SSSR count). The molecule has 4 saturated carbocycles. The minimum atomic E-state index is -1.51. The van der Waals surface area contributed by atoms with Gasteiger partial charge in [0.25, 0.3) is 0 Å². The predicted octanol–water partition coefficient (Wildman–Crippen LogP) is 3.79. The highest BCUT2D eigenvalue weighted by Gasteiger charge is 2.47. The first kappa shape index (κ1) is 29.7. The van der Waals surface area contributed by atoms with Gasteiger partial charge in [0.05, 0.1) is 19.8 Å². The van der Waals surface area contributed by atoms with Crippen molar-refractivity contribution in [3.8, 4) is 17.6 Å². The van der Waals surface area contributed by atoms with E-state index in [-0.39, 0.29) is 6.61 Å². The molecule has 2 unspecified atom stereocenters. The predicted molar refractivity (Wildman–Crippen MR) is 157 cm³/mol. The lowest BCUT2D eigenvalue weighted by molar-refractivity contribution is -0.277. The van der Waals surface area contributed by atoms with Crippen molar-refractivity contribution >= 4 is 11.8 Å². The summed E-state index contributed by atoms with van der Waals surface area (Å²) in [5.41, 5.74) is 4.10. The highest BCUT2D eigenvalue weighted by molar-refractivity contribution is 5.70. The molecule has 9 heteroatoms. The second kappa shape index (κ2) is 12.7. The summed E-state index contributed by atoms with van der Waals surface area (Å²) in [7, 11) is 1.76. The summed E-state index contributed by atoms with van der Waals surface area (Å²) in [6.07, 6.45) is 2.85. The van der Waals surface area contributed by atoms with E-state index in [1.165, 1.54) is 43.8 Å². The molecule has 43 heavy (non-hydrogen) atoms. The van der Waals surface area contributed by atoms with E-state index in [1.807, 2.05) is 30.3 Å². The smallest absolute Gasteiger partial charge is 0.229 e. The number of hydrogen-bond acceptors (Lipinski definition) is 9. The molecule has 2 aromatic rings. The first-order chi connectivity index (χ1) is 20.9. The number of aliphatic hydroxyl groups excluding tert-OH is 4. The zero-order valence-electron chi connectivity index (χ0n) is 24.2. The molecule has 4 bridgehead atoms. The van der Waals surface area contributed by atoms with Gasteiger partial charge in [0.15, 0.2) is 0 Å². The summed E-state index contributed by atoms with van der Waals surface area (Å²) in [6, 6.07) is 15.1. The molecule has 9 nitrogen and oxygen atoms in total. The van der Waals surface area contributed by atoms with Crippen molar-refractivity contribution in [2.75, 3.05) is 13.7 Å². The second-order valence-corrected chi connectivity index (χ2v) is 12.3. The van der Waals surface area contributed by atoms with Gasteiger partial charge in [-0.1, -0.05) is 24.3 Å². The van der Waals surface area contributed by atoms with Crippen LogP contribution in [0.3, 0.4) is 0 Å². The van der Waals surface area contributed by atoms with Crippen molar-refractivity contribution in [3.63, 3.8) is 0 Å². The molecule has 228 valence electrons. The number of benzene rings is 2. The Balaban J connectivity index is 1.18. The Labute approximate surface area is 251 Å². The standard InChI is InChI=1S/C34H39NO8/c1-40-33(29-24-12-20-11-21(14-24)15-25(29)13-20)23-7-6-22(3-2-10-35)27(16-23)41-18-19-4-8-26(9-5-19)42-34-32(39)31(38)30(37)28(17-36)43-34/h2-9,16,20-21,24-25,28,30-32,34,36-39H,11-15,17-18H2,1H3/b3-2+,33-29?/t20?,21?,24?,25?,28?,30-,31?,32-,34+/m0/s1. The van der Waals surface area contributed by atoms with E-state index < -0.39 is 37.3 Å². The van der Waals surface area contributed by atoms with E-state index in [1.54, 1.807) is 25.3 Å². The van der Waals surface area contributed by atoms with Crippen LogP contribution in [0.5, 0.6) is 11.5 Å². The molecule has 2 aromatic carbocycles. The van der Waals surface area contributed by atoms with Gasteiger partial charge in [0.1, 0.15) is 48.3 Å². The monoisotopic (exact) mass is 589 g/mol. The van der Waals surface area contributed by atoms with E-state index in [0.29, 0.717) is 23.3 Å². The van der Waals surface area contributed by atoms with Crippen LogP contribution in [0, 0.1) is 35.0 Å². The van der Waals surface area contributed by atoms with Crippen LogP contribution in [-0.2, 0) is 16.1 Å². The summed E-state index contributed by atoms with van der Waals surface area (Å²) >= 11 is 0. The van der Waals surface area contributed by atoms with Crippen LogP contribution in [0.25, 0.3) is 11.8 Å². The van der Waals surface area contributed by atoms with Crippen LogP contribution in [0.1, 0.15) is 48.8 Å². The molecule has 1 aliphatic heterocycles. The molecule has 4 N–H and O–H groups in total. The van der Waals surface area contributed by atoms with E-state index in [0.717, 1.165) is 34.3 Å². The van der Waals surface area contributed by atoms with Gasteiger partial charge in [-0.15, -0.1) is 0 Å². The fraction of sp³-hybridized carbons (Fsp3) is 0.500. The summed E-state index contributed by atoms with van der Waals surface area (Å²) in [6.45, 7) is -0.274. The normalized spacial score (nSPS) is 32.9. The minimum absolute atomic E-state index is 0.255. The van der Waals surface area contributed by atoms with Crippen LogP contribution in [0.4, 0.5) is 0 Å². The van der Waals surface area contributed by atoms with Crippen molar-refractivity contribution in [2.24, 2.45) is 23.7 Å². The zero-order valence-corrected chi connectivity index (χ0v) is 24.2. The number of rotatable bonds is 9. The molecule has 5 atom stereocenters. The van der Waals surface area contributed by atoms with Crippen LogP contribution in [0.2, 0.25) is 0 Å². The number of methoxy groups -OCH3 is 1. The molecule has 0 amide bonds. The van der Waals surface area contributed by atoms with Gasteiger partial charge >= 0.3 is 0 Å². The third-order valence-corrected chi connectivity index (χ3v) is 9.52. The summed E-state index contributed by atoms with van der Waals surface area (Å²) in [4.78, 5) is 0. The Kier molecular flexibility index (Phi) is 8.75. The van der Waals surface area contributed by atoms with Crippen molar-refractivity contribution in [1.82, 2.24) is 0 Å². The number of ether oxygens (including phenoxy) is 4. The van der Waals surface area contributed by atoms with Gasteiger partial charge in [-0.2, -0.15) is 5.26 Å². The molecule has 0 aromatic heterocycles. The highest BCUT2D eigenvalue weighted by Crippen LogP contribution is 2.58. The van der Waals surface area contributed by atoms with E-state index in [9.17, 15) is 20.4 Å². The third kappa shape index (κ3) is 6.03. The maximum atomic E-state index is 10.3. The van der Waals surface area contributed by atoms with E-state index in [4.69, 9.17) is 24.2 Å². The molecule has 4 aliphatic carbocycles. The maximum absolute atomic E-state index is 10.3. The lowest BCUT2D eigenvalue weighted by atomic mass is 9.54. The first-order valence-electron chi connectivity index (χ1n) is 15.1. The van der Waals surface area contributed by atoms with Crippen molar-refractivity contribution in [1.29, 1.82) is 5.26 Å². The number of allylic oxidation sites excluding steroid dienone is 2. The number of nitrogens with zero attached hydrogens (tertiary/aromatic N) is 1. The Bertz CT molecular complexity index is 1360. The van der Waals surface area contributed by atoms with Gasteiger partial charge < -0.3 is 39.4 Å². The molecule has 0 spiro atoms. The average Bonchev–Trinajstić information content (AvgIpc) is 3.01. The van der Waals surface area contributed by atoms with Gasteiger partial charge in [-0.05, 0) is 91.2 Å². The van der Waals surface area contributed by atoms with Gasteiger partial charge in [0, 0.05) is 17.2 Å². The average molecular weight is 590 g/mol. The van der Waals surface area contributed by atoms with Crippen LogP contribution in [0.15, 0.2) is 54.1 Å². The van der Waals surface area contributed by atoms with Crippen molar-refractivity contribution < 1.29 is 39.4 Å². The molecule has 5 aliphatic rings. The lowest BCUT2D eigenvalue weighted by Gasteiger charge is -2.51. The molecule has 0 radical (unpaired) electrons. The van der Waals surface area contributed by atoms with E-state index in [2.05, 4.69) is 6.07 Å². The van der Waals surface area contributed by atoms with Crippen LogP contribution in [-0.4, -0.2) is 64.8 Å². The van der Waals surface area contributed by atoms with E-state index >= 15 is 0 Å². The molecular weight excluding hydrogens is 550 g/mol. The lowest BCUT2D eigenvalue weighted by Crippen LogP contribution is -2.60. The molecular formula is C34H39NO8. The third-order valence-electron chi connectivity index (χ3n) is 9.52. The van der Waals surface area contributed by atoms with Gasteiger partial charge in [-0.3, -0.25) is 0 Å². The summed E-state index contributed by atoms with van der Waals surface area (Å²) in [5, 5.41) is 48.8. The summed E-state index contributed by atoms with van der Waals surface area (Å²) < 4.78 is 23.5. The first-order valence-corrected chi connectivity index (χ1v) is 15.1. The van der Waals surface area contributed by atoms with Crippen LogP contribution >= 0.6 is 0 Å². The Morgan fingerprint density at radius 2 is 1.65 bits per heavy atom. The minimum Gasteiger partial charge on any atom is -0.496 e. The maximum Gasteiger partial charge on any atom is 0.229 e.